The first-order chi connectivity index (χ1) is 21.7. The summed E-state index contributed by atoms with van der Waals surface area (Å²) in [6, 6.07) is 16.3. The predicted molar refractivity (Wildman–Crippen MR) is 174 cm³/mol. The van der Waals surface area contributed by atoms with Crippen molar-refractivity contribution in [3.8, 4) is 0 Å². The van der Waals surface area contributed by atoms with Crippen molar-refractivity contribution in [1.29, 1.82) is 0 Å². The highest BCUT2D eigenvalue weighted by molar-refractivity contribution is 7.89. The molecule has 6 atom stereocenters. The molecule has 244 valence electrons. The number of carbonyl (C=O) groups excluding carboxylic acids is 1. The van der Waals surface area contributed by atoms with E-state index in [-0.39, 0.29) is 24.4 Å². The monoisotopic (exact) mass is 638 g/mol. The molecule has 4 fully saturated rings. The average Bonchev–Trinajstić information content (AvgIpc) is 3.69. The number of rotatable bonds is 9. The number of aliphatic hydroxyl groups excluding tert-OH is 1. The quantitative estimate of drug-likeness (QED) is 0.241. The third-order valence-corrected chi connectivity index (χ3v) is 11.6. The van der Waals surface area contributed by atoms with Gasteiger partial charge in [-0.2, -0.15) is 0 Å². The maximum atomic E-state index is 12.4. The van der Waals surface area contributed by atoms with Crippen LogP contribution in [0.25, 0.3) is 10.9 Å². The van der Waals surface area contributed by atoms with Crippen LogP contribution in [0.3, 0.4) is 0 Å². The van der Waals surface area contributed by atoms with E-state index in [0.29, 0.717) is 36.6 Å². The van der Waals surface area contributed by atoms with Crippen molar-refractivity contribution in [2.45, 2.75) is 74.3 Å². The zero-order chi connectivity index (χ0) is 31.7. The molecule has 2 bridgehead atoms. The van der Waals surface area contributed by atoms with Gasteiger partial charge in [-0.25, -0.2) is 13.1 Å². The van der Waals surface area contributed by atoms with E-state index in [1.165, 1.54) is 30.8 Å². The number of morpholine rings is 1. The van der Waals surface area contributed by atoms with Crippen LogP contribution in [0.5, 0.6) is 0 Å². The lowest BCUT2D eigenvalue weighted by Gasteiger charge is -2.38. The number of sulfonamides is 1. The van der Waals surface area contributed by atoms with E-state index in [4.69, 9.17) is 9.47 Å². The van der Waals surface area contributed by atoms with Gasteiger partial charge in [0.25, 0.3) is 0 Å². The molecule has 0 spiro atoms. The SMILES string of the molecule is CN1[C@@H]2CC(OC(=O)[C@H](CO)c3ccccc3)C[C@H]1[C@@H]1O[C@@H]12.CNS(=O)(=O)CCc1ccc2[nH]cc(C3CCN(C)CC3)c2c1. The Morgan fingerprint density at radius 2 is 1.78 bits per heavy atom. The van der Waals surface area contributed by atoms with Gasteiger partial charge in [0, 0.05) is 42.0 Å². The van der Waals surface area contributed by atoms with Crippen LogP contribution < -0.4 is 4.72 Å². The minimum Gasteiger partial charge on any atom is -0.462 e. The summed E-state index contributed by atoms with van der Waals surface area (Å²) in [6.45, 7) is 2.05. The van der Waals surface area contributed by atoms with Crippen LogP contribution in [0.1, 0.15) is 54.2 Å². The standard InChI is InChI=1S/C17H25N3O2S.C17H21NO4/c1-18-23(21,22)10-7-13-3-4-17-15(11-13)16(12-19-17)14-5-8-20(2)9-6-14;1-18-13-7-11(8-14(18)16-15(13)22-16)21-17(20)12(9-19)10-5-3-2-4-6-10/h3-4,11-12,14,18-19H,5-10H2,1-2H3;2-6,11-16,19H,7-9H2,1H3/t;11?,12-,13-,14+,15-,16+/m.1/s1. The molecule has 4 saturated heterocycles. The van der Waals surface area contributed by atoms with Crippen molar-refractivity contribution < 1.29 is 27.8 Å². The Morgan fingerprint density at radius 1 is 1.09 bits per heavy atom. The number of likely N-dealkylation sites (N-methyl/N-ethyl adjacent to an activating group) is 1. The van der Waals surface area contributed by atoms with Crippen LogP contribution in [0.4, 0.5) is 0 Å². The lowest BCUT2D eigenvalue weighted by Crippen LogP contribution is -2.48. The van der Waals surface area contributed by atoms with Gasteiger partial charge in [0.15, 0.2) is 0 Å². The first kappa shape index (κ1) is 32.2. The number of benzene rings is 2. The predicted octanol–water partition coefficient (Wildman–Crippen LogP) is 2.99. The van der Waals surface area contributed by atoms with Crippen LogP contribution in [0.2, 0.25) is 0 Å². The highest BCUT2D eigenvalue weighted by Gasteiger charge is 2.62. The van der Waals surface area contributed by atoms with Crippen LogP contribution in [0, 0.1) is 0 Å². The molecule has 5 heterocycles. The fraction of sp³-hybridized carbons (Fsp3) is 0.559. The summed E-state index contributed by atoms with van der Waals surface area (Å²) in [5.41, 5.74) is 4.40. The summed E-state index contributed by atoms with van der Waals surface area (Å²) >= 11 is 0. The van der Waals surface area contributed by atoms with Crippen LogP contribution in [-0.2, 0) is 30.7 Å². The number of aryl methyl sites for hydroxylation is 1. The molecule has 4 aliphatic rings. The van der Waals surface area contributed by atoms with Gasteiger partial charge in [-0.05, 0) is 88.2 Å². The first-order valence-corrected chi connectivity index (χ1v) is 17.8. The highest BCUT2D eigenvalue weighted by atomic mass is 32.2. The summed E-state index contributed by atoms with van der Waals surface area (Å²) in [7, 11) is 2.60. The van der Waals surface area contributed by atoms with Crippen molar-refractivity contribution in [2.75, 3.05) is 46.6 Å². The molecule has 0 radical (unpaired) electrons. The molecular weight excluding hydrogens is 592 g/mol. The van der Waals surface area contributed by atoms with Gasteiger partial charge < -0.3 is 24.5 Å². The van der Waals surface area contributed by atoms with E-state index >= 15 is 0 Å². The van der Waals surface area contributed by atoms with Gasteiger partial charge in [0.2, 0.25) is 10.0 Å². The van der Waals surface area contributed by atoms with Crippen LogP contribution in [-0.4, -0.2) is 111 Å². The van der Waals surface area contributed by atoms with Crippen molar-refractivity contribution in [2.24, 2.45) is 0 Å². The van der Waals surface area contributed by atoms with E-state index < -0.39 is 15.9 Å². The van der Waals surface area contributed by atoms with Crippen molar-refractivity contribution in [3.05, 3.63) is 71.4 Å². The maximum absolute atomic E-state index is 12.4. The fourth-order valence-corrected chi connectivity index (χ4v) is 8.11. The Hall–Kier alpha value is -2.80. The zero-order valence-electron chi connectivity index (χ0n) is 26.4. The Morgan fingerprint density at radius 3 is 2.42 bits per heavy atom. The number of hydrogen-bond donors (Lipinski definition) is 3. The number of ether oxygens (including phenoxy) is 2. The zero-order valence-corrected chi connectivity index (χ0v) is 27.2. The Balaban J connectivity index is 0.000000159. The topological polar surface area (TPSA) is 127 Å². The number of carbonyl (C=O) groups is 1. The van der Waals surface area contributed by atoms with Crippen molar-refractivity contribution >= 4 is 26.9 Å². The molecule has 0 saturated carbocycles. The second-order valence-corrected chi connectivity index (χ2v) is 15.1. The van der Waals surface area contributed by atoms with Gasteiger partial charge in [-0.15, -0.1) is 0 Å². The number of aromatic amines is 1. The summed E-state index contributed by atoms with van der Waals surface area (Å²) in [5, 5.41) is 10.8. The highest BCUT2D eigenvalue weighted by Crippen LogP contribution is 2.48. The van der Waals surface area contributed by atoms with Crippen molar-refractivity contribution in [3.63, 3.8) is 0 Å². The number of H-pyrrole nitrogens is 1. The number of likely N-dealkylation sites (tertiary alicyclic amines) is 1. The second-order valence-electron chi connectivity index (χ2n) is 13.0. The first-order valence-electron chi connectivity index (χ1n) is 16.1. The van der Waals surface area contributed by atoms with Gasteiger partial charge in [0.1, 0.15) is 24.2 Å². The minimum atomic E-state index is -3.16. The van der Waals surface area contributed by atoms with Gasteiger partial charge in [0.05, 0.1) is 12.4 Å². The lowest BCUT2D eigenvalue weighted by molar-refractivity contribution is -0.156. The Labute approximate surface area is 266 Å². The van der Waals surface area contributed by atoms with Gasteiger partial charge in [-0.3, -0.25) is 9.69 Å². The third-order valence-electron chi connectivity index (χ3n) is 10.2. The average molecular weight is 639 g/mol. The van der Waals surface area contributed by atoms with Crippen LogP contribution in [0.15, 0.2) is 54.7 Å². The molecule has 11 heteroatoms. The molecule has 45 heavy (non-hydrogen) atoms. The van der Waals surface area contributed by atoms with E-state index in [1.807, 2.05) is 36.4 Å². The molecule has 1 aromatic heterocycles. The van der Waals surface area contributed by atoms with Crippen molar-refractivity contribution in [1.82, 2.24) is 19.5 Å². The van der Waals surface area contributed by atoms with Crippen LogP contribution >= 0.6 is 0 Å². The van der Waals surface area contributed by atoms with Gasteiger partial charge in [-0.1, -0.05) is 36.4 Å². The number of aromatic nitrogens is 1. The van der Waals surface area contributed by atoms with E-state index in [0.717, 1.165) is 42.6 Å². The fourth-order valence-electron chi connectivity index (χ4n) is 7.40. The molecule has 1 unspecified atom stereocenters. The smallest absolute Gasteiger partial charge is 0.316 e. The molecule has 7 rings (SSSR count). The molecule has 0 amide bonds. The number of nitrogens with zero attached hydrogens (tertiary/aromatic N) is 2. The molecule has 3 N–H and O–H groups in total. The summed E-state index contributed by atoms with van der Waals surface area (Å²) in [4.78, 5) is 20.5. The molecule has 3 aromatic rings. The molecule has 10 nitrogen and oxygen atoms in total. The van der Waals surface area contributed by atoms with E-state index in [2.05, 4.69) is 51.9 Å². The summed E-state index contributed by atoms with van der Waals surface area (Å²) in [6.07, 6.45) is 7.30. The van der Waals surface area contributed by atoms with E-state index in [9.17, 15) is 18.3 Å². The number of aliphatic hydroxyl groups is 1. The molecule has 2 aromatic carbocycles. The Bertz CT molecular complexity index is 1550. The molecular formula is C34H46N4O6S. The number of hydrogen-bond acceptors (Lipinski definition) is 8. The summed E-state index contributed by atoms with van der Waals surface area (Å²) < 4.78 is 37.0. The number of nitrogens with one attached hydrogen (secondary N) is 2. The number of fused-ring (bicyclic) bond motifs is 6. The third kappa shape index (κ3) is 7.13. The summed E-state index contributed by atoms with van der Waals surface area (Å²) in [5.74, 6) is -0.194. The number of esters is 1. The van der Waals surface area contributed by atoms with E-state index in [1.54, 1.807) is 0 Å². The normalized spacial score (nSPS) is 27.4. The minimum absolute atomic E-state index is 0.0622. The number of piperidine rings is 2. The Kier molecular flexibility index (Phi) is 9.65. The number of epoxide rings is 1. The molecule has 0 aliphatic carbocycles. The van der Waals surface area contributed by atoms with Gasteiger partial charge >= 0.3 is 5.97 Å². The lowest BCUT2D eigenvalue weighted by atomic mass is 9.89. The maximum Gasteiger partial charge on any atom is 0.316 e. The largest absolute Gasteiger partial charge is 0.462 e. The second kappa shape index (κ2) is 13.5. The molecule has 4 aliphatic heterocycles.